The van der Waals surface area contributed by atoms with Crippen LogP contribution in [-0.4, -0.2) is 23.5 Å². The van der Waals surface area contributed by atoms with Crippen molar-refractivity contribution < 1.29 is 4.79 Å². The molecule has 0 radical (unpaired) electrons. The fourth-order valence-corrected chi connectivity index (χ4v) is 2.16. The fraction of sp³-hybridized carbons (Fsp3) is 0.231. The molecular weight excluding hydrogens is 246 g/mol. The van der Waals surface area contributed by atoms with Gasteiger partial charge in [0.05, 0.1) is 6.54 Å². The molecule has 2 rings (SSSR count). The molecule has 18 heavy (non-hydrogen) atoms. The van der Waals surface area contributed by atoms with Crippen LogP contribution >= 0.6 is 11.8 Å². The summed E-state index contributed by atoms with van der Waals surface area (Å²) in [5, 5.41) is 6.02. The Labute approximate surface area is 111 Å². The fourth-order valence-electron chi connectivity index (χ4n) is 1.44. The van der Waals surface area contributed by atoms with Gasteiger partial charge >= 0.3 is 6.03 Å². The molecule has 5 heteroatoms. The highest BCUT2D eigenvalue weighted by atomic mass is 32.2. The second-order valence-corrected chi connectivity index (χ2v) is 4.96. The lowest BCUT2D eigenvalue weighted by molar-refractivity contribution is 0.248. The molecule has 94 valence electrons. The highest BCUT2D eigenvalue weighted by molar-refractivity contribution is 8.14. The third-order valence-electron chi connectivity index (χ3n) is 2.37. The zero-order valence-corrected chi connectivity index (χ0v) is 11.0. The third-order valence-corrected chi connectivity index (χ3v) is 3.26. The molecule has 1 aromatic rings. The Morgan fingerprint density at radius 2 is 2.17 bits per heavy atom. The number of rotatable bonds is 2. The summed E-state index contributed by atoms with van der Waals surface area (Å²) in [5.74, 6) is 0.939. The topological polar surface area (TPSA) is 53.5 Å². The third kappa shape index (κ3) is 3.92. The molecule has 4 nitrogen and oxygen atoms in total. The van der Waals surface area contributed by atoms with Crippen molar-refractivity contribution in [2.75, 3.05) is 12.3 Å². The van der Waals surface area contributed by atoms with Crippen LogP contribution in [0.15, 0.2) is 35.5 Å². The van der Waals surface area contributed by atoms with Crippen LogP contribution in [0.25, 0.3) is 6.08 Å². The summed E-state index contributed by atoms with van der Waals surface area (Å²) in [6, 6.07) is 7.81. The normalized spacial score (nSPS) is 14.6. The molecular formula is C13H15N3OS. The molecule has 1 aliphatic heterocycles. The Bertz CT molecular complexity index is 480. The van der Waals surface area contributed by atoms with Crippen LogP contribution in [0.2, 0.25) is 0 Å². The van der Waals surface area contributed by atoms with Crippen LogP contribution in [0.5, 0.6) is 0 Å². The van der Waals surface area contributed by atoms with Crippen molar-refractivity contribution in [3.63, 3.8) is 0 Å². The van der Waals surface area contributed by atoms with E-state index in [0.717, 1.165) is 17.9 Å². The number of nitrogens with zero attached hydrogens (tertiary/aromatic N) is 1. The largest absolute Gasteiger partial charge is 0.324 e. The van der Waals surface area contributed by atoms with E-state index in [1.54, 1.807) is 18.0 Å². The molecule has 2 amide bonds. The SMILES string of the molecule is Cc1ccc(/C=C/NC(=O)NC2=NCCS2)cc1. The minimum atomic E-state index is -0.258. The van der Waals surface area contributed by atoms with Crippen molar-refractivity contribution in [1.29, 1.82) is 0 Å². The molecule has 0 spiro atoms. The predicted octanol–water partition coefficient (Wildman–Crippen LogP) is 2.37. The summed E-state index contributed by atoms with van der Waals surface area (Å²) in [4.78, 5) is 15.6. The predicted molar refractivity (Wildman–Crippen MR) is 76.6 cm³/mol. The first-order valence-electron chi connectivity index (χ1n) is 5.72. The summed E-state index contributed by atoms with van der Waals surface area (Å²) < 4.78 is 0. The van der Waals surface area contributed by atoms with Crippen LogP contribution in [0, 0.1) is 6.92 Å². The minimum Gasteiger partial charge on any atom is -0.314 e. The maximum Gasteiger partial charge on any atom is 0.324 e. The number of benzene rings is 1. The number of urea groups is 1. The summed E-state index contributed by atoms with van der Waals surface area (Å²) in [5.41, 5.74) is 2.27. The standard InChI is InChI=1S/C13H15N3OS/c1-10-2-4-11(5-3-10)6-7-14-12(17)16-13-15-8-9-18-13/h2-7H,8-9H2,1H3,(H2,14,15,16,17)/b7-6+. The molecule has 0 saturated carbocycles. The lowest BCUT2D eigenvalue weighted by Crippen LogP contribution is -2.34. The number of thioether (sulfide) groups is 1. The van der Waals surface area contributed by atoms with Crippen LogP contribution in [0.1, 0.15) is 11.1 Å². The van der Waals surface area contributed by atoms with Crippen molar-refractivity contribution in [2.45, 2.75) is 6.92 Å². The Hall–Kier alpha value is -1.75. The zero-order chi connectivity index (χ0) is 12.8. The maximum atomic E-state index is 11.5. The smallest absolute Gasteiger partial charge is 0.314 e. The van der Waals surface area contributed by atoms with E-state index in [4.69, 9.17) is 0 Å². The number of carbonyl (C=O) groups is 1. The Kier molecular flexibility index (Phi) is 4.41. The zero-order valence-electron chi connectivity index (χ0n) is 10.1. The van der Waals surface area contributed by atoms with Gasteiger partial charge in [0.15, 0.2) is 5.17 Å². The van der Waals surface area contributed by atoms with E-state index in [0.29, 0.717) is 5.17 Å². The van der Waals surface area contributed by atoms with Crippen molar-refractivity contribution in [3.05, 3.63) is 41.6 Å². The quantitative estimate of drug-likeness (QED) is 0.858. The number of amidine groups is 1. The van der Waals surface area contributed by atoms with Crippen LogP contribution in [0.3, 0.4) is 0 Å². The van der Waals surface area contributed by atoms with Crippen molar-refractivity contribution in [3.8, 4) is 0 Å². The first-order valence-corrected chi connectivity index (χ1v) is 6.70. The molecule has 0 unspecified atom stereocenters. The highest BCUT2D eigenvalue weighted by Crippen LogP contribution is 2.08. The molecule has 0 atom stereocenters. The van der Waals surface area contributed by atoms with Gasteiger partial charge in [-0.3, -0.25) is 10.3 Å². The van der Waals surface area contributed by atoms with E-state index in [9.17, 15) is 4.79 Å². The molecule has 0 aliphatic carbocycles. The summed E-state index contributed by atoms with van der Waals surface area (Å²) in [6.07, 6.45) is 3.47. The van der Waals surface area contributed by atoms with Crippen molar-refractivity contribution in [1.82, 2.24) is 10.6 Å². The Morgan fingerprint density at radius 3 is 2.83 bits per heavy atom. The molecule has 1 aliphatic rings. The van der Waals surface area contributed by atoms with Gasteiger partial charge in [-0.2, -0.15) is 0 Å². The number of hydrogen-bond donors (Lipinski definition) is 2. The number of aryl methyl sites for hydroxylation is 1. The highest BCUT2D eigenvalue weighted by Gasteiger charge is 2.08. The molecule has 0 fully saturated rings. The molecule has 2 N–H and O–H groups in total. The summed E-state index contributed by atoms with van der Waals surface area (Å²) in [6.45, 7) is 2.82. The van der Waals surface area contributed by atoms with Gasteiger partial charge in [-0.05, 0) is 18.6 Å². The molecule has 1 heterocycles. The van der Waals surface area contributed by atoms with E-state index in [-0.39, 0.29) is 6.03 Å². The van der Waals surface area contributed by atoms with E-state index >= 15 is 0 Å². The van der Waals surface area contributed by atoms with Crippen LogP contribution in [0.4, 0.5) is 4.79 Å². The lowest BCUT2D eigenvalue weighted by Gasteiger charge is -2.02. The average molecular weight is 261 g/mol. The molecule has 0 bridgehead atoms. The van der Waals surface area contributed by atoms with E-state index in [2.05, 4.69) is 15.6 Å². The molecule has 1 aromatic carbocycles. The van der Waals surface area contributed by atoms with E-state index in [1.807, 2.05) is 37.3 Å². The number of hydrogen-bond acceptors (Lipinski definition) is 3. The van der Waals surface area contributed by atoms with Gasteiger partial charge in [-0.25, -0.2) is 4.79 Å². The minimum absolute atomic E-state index is 0.258. The Balaban J connectivity index is 1.79. The van der Waals surface area contributed by atoms with E-state index < -0.39 is 0 Å². The first-order chi connectivity index (χ1) is 8.74. The van der Waals surface area contributed by atoms with Gasteiger partial charge < -0.3 is 5.32 Å². The summed E-state index contributed by atoms with van der Waals surface area (Å²) >= 11 is 1.56. The summed E-state index contributed by atoms with van der Waals surface area (Å²) in [7, 11) is 0. The molecule has 0 aromatic heterocycles. The van der Waals surface area contributed by atoms with Crippen LogP contribution < -0.4 is 10.6 Å². The monoisotopic (exact) mass is 261 g/mol. The van der Waals surface area contributed by atoms with Gasteiger partial charge in [0, 0.05) is 12.0 Å². The number of aliphatic imine (C=N–C) groups is 1. The van der Waals surface area contributed by atoms with Crippen molar-refractivity contribution in [2.24, 2.45) is 4.99 Å². The second-order valence-electron chi connectivity index (χ2n) is 3.88. The maximum absolute atomic E-state index is 11.5. The number of amides is 2. The first kappa shape index (κ1) is 12.7. The van der Waals surface area contributed by atoms with Gasteiger partial charge in [-0.15, -0.1) is 0 Å². The Morgan fingerprint density at radius 1 is 1.39 bits per heavy atom. The van der Waals surface area contributed by atoms with Gasteiger partial charge in [0.25, 0.3) is 0 Å². The van der Waals surface area contributed by atoms with Gasteiger partial charge in [0.2, 0.25) is 0 Å². The van der Waals surface area contributed by atoms with Gasteiger partial charge in [-0.1, -0.05) is 41.6 Å². The second kappa shape index (κ2) is 6.26. The van der Waals surface area contributed by atoms with Crippen LogP contribution in [-0.2, 0) is 0 Å². The lowest BCUT2D eigenvalue weighted by atomic mass is 10.1. The van der Waals surface area contributed by atoms with Gasteiger partial charge in [0.1, 0.15) is 0 Å². The number of carbonyl (C=O) groups excluding carboxylic acids is 1. The average Bonchev–Trinajstić information content (AvgIpc) is 2.84. The van der Waals surface area contributed by atoms with E-state index in [1.165, 1.54) is 5.56 Å². The van der Waals surface area contributed by atoms with Crippen molar-refractivity contribution >= 4 is 29.0 Å². The number of nitrogens with one attached hydrogen (secondary N) is 2. The molecule has 0 saturated heterocycles.